The third-order valence-corrected chi connectivity index (χ3v) is 3.65. The van der Waals surface area contributed by atoms with Gasteiger partial charge in [0.25, 0.3) is 11.8 Å². The molecule has 0 aliphatic heterocycles. The van der Waals surface area contributed by atoms with Gasteiger partial charge < -0.3 is 24.8 Å². The van der Waals surface area contributed by atoms with E-state index in [0.717, 1.165) is 6.42 Å². The number of benzene rings is 2. The summed E-state index contributed by atoms with van der Waals surface area (Å²) >= 11 is 0. The molecule has 7 nitrogen and oxygen atoms in total. The van der Waals surface area contributed by atoms with E-state index in [-0.39, 0.29) is 18.4 Å². The van der Waals surface area contributed by atoms with E-state index in [1.807, 2.05) is 0 Å². The lowest BCUT2D eigenvalue weighted by molar-refractivity contribution is -0.118. The third-order valence-electron chi connectivity index (χ3n) is 3.65. The molecule has 2 rings (SSSR count). The second kappa shape index (κ2) is 10.8. The van der Waals surface area contributed by atoms with Gasteiger partial charge in [0.2, 0.25) is 0 Å². The topological polar surface area (TPSA) is 85.9 Å². The largest absolute Gasteiger partial charge is 0.497 e. The summed E-state index contributed by atoms with van der Waals surface area (Å²) in [4.78, 5) is 24.2. The summed E-state index contributed by atoms with van der Waals surface area (Å²) < 4.78 is 15.4. The smallest absolute Gasteiger partial charge is 0.262 e. The van der Waals surface area contributed by atoms with Crippen LogP contribution in [0, 0.1) is 0 Å². The maximum atomic E-state index is 12.1. The lowest BCUT2D eigenvalue weighted by atomic mass is 10.2. The average Bonchev–Trinajstić information content (AvgIpc) is 2.70. The quantitative estimate of drug-likeness (QED) is 0.626. The van der Waals surface area contributed by atoms with Gasteiger partial charge in [-0.1, -0.05) is 6.07 Å². The molecule has 0 fully saturated rings. The van der Waals surface area contributed by atoms with Crippen LogP contribution in [0.15, 0.2) is 48.5 Å². The summed E-state index contributed by atoms with van der Waals surface area (Å²) in [5, 5.41) is 5.52. The summed E-state index contributed by atoms with van der Waals surface area (Å²) in [7, 11) is 3.20. The number of nitrogens with one attached hydrogen (secondary N) is 2. The fourth-order valence-electron chi connectivity index (χ4n) is 2.28. The highest BCUT2D eigenvalue weighted by Crippen LogP contribution is 2.17. The summed E-state index contributed by atoms with van der Waals surface area (Å²) in [6.45, 7) is 0.976. The van der Waals surface area contributed by atoms with E-state index in [2.05, 4.69) is 10.6 Å². The molecule has 0 heterocycles. The lowest BCUT2D eigenvalue weighted by Crippen LogP contribution is -2.25. The zero-order valence-electron chi connectivity index (χ0n) is 15.5. The average molecular weight is 372 g/mol. The van der Waals surface area contributed by atoms with Crippen molar-refractivity contribution in [3.8, 4) is 11.5 Å². The summed E-state index contributed by atoms with van der Waals surface area (Å²) in [5.74, 6) is 0.763. The molecule has 2 aromatic rings. The van der Waals surface area contributed by atoms with Gasteiger partial charge in [-0.15, -0.1) is 0 Å². The Balaban J connectivity index is 1.83. The zero-order valence-corrected chi connectivity index (χ0v) is 15.5. The van der Waals surface area contributed by atoms with E-state index in [4.69, 9.17) is 14.2 Å². The van der Waals surface area contributed by atoms with Crippen molar-refractivity contribution >= 4 is 17.5 Å². The number of amides is 2. The third kappa shape index (κ3) is 6.99. The Kier molecular flexibility index (Phi) is 8.12. The van der Waals surface area contributed by atoms with Crippen molar-refractivity contribution < 1.29 is 23.8 Å². The van der Waals surface area contributed by atoms with Gasteiger partial charge in [-0.05, 0) is 48.9 Å². The molecule has 7 heteroatoms. The molecule has 0 aliphatic rings. The van der Waals surface area contributed by atoms with Gasteiger partial charge in [-0.25, -0.2) is 0 Å². The molecule has 0 atom stereocenters. The Hall–Kier alpha value is -3.06. The second-order valence-corrected chi connectivity index (χ2v) is 5.70. The minimum Gasteiger partial charge on any atom is -0.497 e. The number of hydrogen-bond donors (Lipinski definition) is 2. The van der Waals surface area contributed by atoms with Crippen LogP contribution in [-0.4, -0.2) is 45.8 Å². The molecule has 2 N–H and O–H groups in total. The van der Waals surface area contributed by atoms with E-state index in [1.54, 1.807) is 62.8 Å². The van der Waals surface area contributed by atoms with Gasteiger partial charge in [-0.2, -0.15) is 0 Å². The second-order valence-electron chi connectivity index (χ2n) is 5.70. The maximum Gasteiger partial charge on any atom is 0.262 e. The van der Waals surface area contributed by atoms with Crippen LogP contribution < -0.4 is 20.1 Å². The highest BCUT2D eigenvalue weighted by molar-refractivity contribution is 5.97. The molecule has 0 radical (unpaired) electrons. The Morgan fingerprint density at radius 3 is 2.44 bits per heavy atom. The van der Waals surface area contributed by atoms with Crippen LogP contribution in [0.1, 0.15) is 16.8 Å². The highest BCUT2D eigenvalue weighted by Gasteiger charge is 2.08. The van der Waals surface area contributed by atoms with Crippen LogP contribution in [0.4, 0.5) is 5.69 Å². The summed E-state index contributed by atoms with van der Waals surface area (Å²) in [5.41, 5.74) is 1.00. The molecule has 0 bridgehead atoms. The van der Waals surface area contributed by atoms with Crippen LogP contribution in [0.5, 0.6) is 11.5 Å². The monoisotopic (exact) mass is 372 g/mol. The van der Waals surface area contributed by atoms with Crippen molar-refractivity contribution in [2.75, 3.05) is 39.3 Å². The lowest BCUT2D eigenvalue weighted by Gasteiger charge is -2.10. The Morgan fingerprint density at radius 2 is 1.74 bits per heavy atom. The van der Waals surface area contributed by atoms with Gasteiger partial charge >= 0.3 is 0 Å². The minimum atomic E-state index is -0.316. The number of hydrogen-bond acceptors (Lipinski definition) is 5. The summed E-state index contributed by atoms with van der Waals surface area (Å²) in [6, 6.07) is 13.7. The molecule has 144 valence electrons. The SMILES string of the molecule is COCCCNC(=O)c1cccc(NC(=O)COc2ccc(OC)cc2)c1. The van der Waals surface area contributed by atoms with Gasteiger partial charge in [0, 0.05) is 31.5 Å². The Morgan fingerprint density at radius 1 is 1.00 bits per heavy atom. The zero-order chi connectivity index (χ0) is 19.5. The van der Waals surface area contributed by atoms with Gasteiger partial charge in [-0.3, -0.25) is 9.59 Å². The fraction of sp³-hybridized carbons (Fsp3) is 0.300. The van der Waals surface area contributed by atoms with Crippen LogP contribution in [0.2, 0.25) is 0 Å². The molecule has 0 saturated heterocycles. The first kappa shape index (κ1) is 20.3. The number of anilines is 1. The summed E-state index contributed by atoms with van der Waals surface area (Å²) in [6.07, 6.45) is 0.737. The molecular formula is C20H24N2O5. The van der Waals surface area contributed by atoms with Gasteiger partial charge in [0.05, 0.1) is 7.11 Å². The molecule has 27 heavy (non-hydrogen) atoms. The Bertz CT molecular complexity index is 746. The highest BCUT2D eigenvalue weighted by atomic mass is 16.5. The number of carbonyl (C=O) groups is 2. The van der Waals surface area contributed by atoms with E-state index in [9.17, 15) is 9.59 Å². The van der Waals surface area contributed by atoms with E-state index < -0.39 is 0 Å². The molecule has 0 aliphatic carbocycles. The van der Waals surface area contributed by atoms with Crippen molar-refractivity contribution in [2.45, 2.75) is 6.42 Å². The maximum absolute atomic E-state index is 12.1. The van der Waals surface area contributed by atoms with E-state index in [0.29, 0.717) is 35.9 Å². The van der Waals surface area contributed by atoms with Gasteiger partial charge in [0.1, 0.15) is 11.5 Å². The van der Waals surface area contributed by atoms with Crippen LogP contribution in [-0.2, 0) is 9.53 Å². The molecular weight excluding hydrogens is 348 g/mol. The normalized spacial score (nSPS) is 10.1. The first-order chi connectivity index (χ1) is 13.1. The first-order valence-corrected chi connectivity index (χ1v) is 8.56. The first-order valence-electron chi connectivity index (χ1n) is 8.56. The van der Waals surface area contributed by atoms with Crippen molar-refractivity contribution in [2.24, 2.45) is 0 Å². The molecule has 0 unspecified atom stereocenters. The predicted octanol–water partition coefficient (Wildman–Crippen LogP) is 2.48. The molecule has 2 amide bonds. The Labute approximate surface area is 158 Å². The number of methoxy groups -OCH3 is 2. The van der Waals surface area contributed by atoms with Crippen molar-refractivity contribution in [1.82, 2.24) is 5.32 Å². The molecule has 2 aromatic carbocycles. The molecule has 0 spiro atoms. The van der Waals surface area contributed by atoms with Gasteiger partial charge in [0.15, 0.2) is 6.61 Å². The molecule has 0 saturated carbocycles. The number of ether oxygens (including phenoxy) is 3. The van der Waals surface area contributed by atoms with Crippen LogP contribution >= 0.6 is 0 Å². The number of rotatable bonds is 10. The van der Waals surface area contributed by atoms with Crippen molar-refractivity contribution in [3.63, 3.8) is 0 Å². The van der Waals surface area contributed by atoms with E-state index in [1.165, 1.54) is 0 Å². The van der Waals surface area contributed by atoms with Crippen LogP contribution in [0.25, 0.3) is 0 Å². The number of carbonyl (C=O) groups excluding carboxylic acids is 2. The van der Waals surface area contributed by atoms with E-state index >= 15 is 0 Å². The molecule has 0 aromatic heterocycles. The van der Waals surface area contributed by atoms with Crippen LogP contribution in [0.3, 0.4) is 0 Å². The minimum absolute atomic E-state index is 0.139. The predicted molar refractivity (Wildman–Crippen MR) is 102 cm³/mol. The van der Waals surface area contributed by atoms with Crippen molar-refractivity contribution in [1.29, 1.82) is 0 Å². The van der Waals surface area contributed by atoms with Crippen molar-refractivity contribution in [3.05, 3.63) is 54.1 Å². The fourth-order valence-corrected chi connectivity index (χ4v) is 2.28. The standard InChI is InChI=1S/C20H24N2O5/c1-25-12-4-11-21-20(24)15-5-3-6-16(13-15)22-19(23)14-27-18-9-7-17(26-2)8-10-18/h3,5-10,13H,4,11-12,14H2,1-2H3,(H,21,24)(H,22,23).